The average molecular weight is 312 g/mol. The minimum absolute atomic E-state index is 0.119. The van der Waals surface area contributed by atoms with Crippen LogP contribution in [0.1, 0.15) is 13.8 Å². The molecule has 0 radical (unpaired) electrons. The Morgan fingerprint density at radius 1 is 1.33 bits per heavy atom. The van der Waals surface area contributed by atoms with Gasteiger partial charge in [0, 0.05) is 24.6 Å². The number of piperazine rings is 1. The van der Waals surface area contributed by atoms with Gasteiger partial charge in [-0.2, -0.15) is 0 Å². The van der Waals surface area contributed by atoms with Crippen molar-refractivity contribution in [2.24, 2.45) is 0 Å². The molecule has 0 aromatic heterocycles. The summed E-state index contributed by atoms with van der Waals surface area (Å²) in [5.41, 5.74) is 7.08. The first-order valence-corrected chi connectivity index (χ1v) is 6.71. The molecule has 0 saturated carbocycles. The van der Waals surface area contributed by atoms with E-state index in [9.17, 15) is 4.79 Å². The van der Waals surface area contributed by atoms with Gasteiger partial charge in [0.05, 0.1) is 11.4 Å². The molecule has 1 fully saturated rings. The van der Waals surface area contributed by atoms with Crippen LogP contribution in [0.4, 0.5) is 11.4 Å². The molecule has 18 heavy (non-hydrogen) atoms. The van der Waals surface area contributed by atoms with E-state index in [2.05, 4.69) is 20.8 Å². The van der Waals surface area contributed by atoms with Crippen LogP contribution in [0.25, 0.3) is 0 Å². The lowest BCUT2D eigenvalue weighted by Gasteiger charge is -2.46. The van der Waals surface area contributed by atoms with Crippen LogP contribution in [0.15, 0.2) is 22.7 Å². The number of nitrogens with zero attached hydrogens (tertiary/aromatic N) is 2. The minimum atomic E-state index is -0.568. The number of nitrogen functional groups attached to an aromatic ring is 1. The van der Waals surface area contributed by atoms with Crippen molar-refractivity contribution in [2.45, 2.75) is 19.4 Å². The summed E-state index contributed by atoms with van der Waals surface area (Å²) in [6, 6.07) is 5.73. The van der Waals surface area contributed by atoms with Crippen molar-refractivity contribution in [3.05, 3.63) is 22.7 Å². The van der Waals surface area contributed by atoms with Gasteiger partial charge in [-0.1, -0.05) is 15.9 Å². The highest BCUT2D eigenvalue weighted by Crippen LogP contribution is 2.34. The van der Waals surface area contributed by atoms with Crippen LogP contribution >= 0.6 is 15.9 Å². The van der Waals surface area contributed by atoms with Gasteiger partial charge in [-0.3, -0.25) is 4.79 Å². The number of hydrogen-bond donors (Lipinski definition) is 1. The first-order chi connectivity index (χ1) is 8.34. The number of carbonyl (C=O) groups is 1. The predicted molar refractivity (Wildman–Crippen MR) is 77.6 cm³/mol. The summed E-state index contributed by atoms with van der Waals surface area (Å²) in [5, 5.41) is 0. The van der Waals surface area contributed by atoms with Gasteiger partial charge in [-0.05, 0) is 32.0 Å². The highest BCUT2D eigenvalue weighted by Gasteiger charge is 2.41. The largest absolute Gasteiger partial charge is 0.397 e. The molecule has 0 spiro atoms. The predicted octanol–water partition coefficient (Wildman–Crippen LogP) is 2.09. The Kier molecular flexibility index (Phi) is 3.27. The fourth-order valence-corrected chi connectivity index (χ4v) is 2.73. The molecule has 5 heteroatoms. The molecule has 1 heterocycles. The lowest BCUT2D eigenvalue weighted by Crippen LogP contribution is -2.62. The Balaban J connectivity index is 2.44. The van der Waals surface area contributed by atoms with E-state index in [4.69, 9.17) is 5.73 Å². The smallest absolute Gasteiger partial charge is 0.247 e. The molecule has 1 aliphatic rings. The van der Waals surface area contributed by atoms with E-state index in [1.165, 1.54) is 0 Å². The number of likely N-dealkylation sites (N-methyl/N-ethyl adjacent to an activating group) is 1. The first kappa shape index (κ1) is 13.2. The quantitative estimate of drug-likeness (QED) is 0.808. The maximum Gasteiger partial charge on any atom is 0.247 e. The van der Waals surface area contributed by atoms with Crippen molar-refractivity contribution in [3.63, 3.8) is 0 Å². The molecule has 0 bridgehead atoms. The molecular weight excluding hydrogens is 294 g/mol. The van der Waals surface area contributed by atoms with Gasteiger partial charge in [0.15, 0.2) is 0 Å². The molecule has 0 atom stereocenters. The number of carbonyl (C=O) groups excluding carboxylic acids is 1. The van der Waals surface area contributed by atoms with E-state index in [-0.39, 0.29) is 5.91 Å². The maximum absolute atomic E-state index is 12.3. The van der Waals surface area contributed by atoms with Gasteiger partial charge in [-0.25, -0.2) is 0 Å². The lowest BCUT2D eigenvalue weighted by molar-refractivity contribution is -0.136. The van der Waals surface area contributed by atoms with E-state index in [1.807, 2.05) is 39.1 Å². The number of amides is 1. The number of benzene rings is 1. The zero-order valence-corrected chi connectivity index (χ0v) is 12.5. The van der Waals surface area contributed by atoms with Crippen molar-refractivity contribution in [1.82, 2.24) is 4.90 Å². The summed E-state index contributed by atoms with van der Waals surface area (Å²) in [4.78, 5) is 16.1. The van der Waals surface area contributed by atoms with Crippen molar-refractivity contribution in [1.29, 1.82) is 0 Å². The maximum atomic E-state index is 12.3. The van der Waals surface area contributed by atoms with Crippen molar-refractivity contribution in [2.75, 3.05) is 30.8 Å². The topological polar surface area (TPSA) is 49.6 Å². The minimum Gasteiger partial charge on any atom is -0.397 e. The monoisotopic (exact) mass is 311 g/mol. The second-order valence-electron chi connectivity index (χ2n) is 5.14. The van der Waals surface area contributed by atoms with Gasteiger partial charge >= 0.3 is 0 Å². The van der Waals surface area contributed by atoms with Gasteiger partial charge in [0.1, 0.15) is 5.54 Å². The van der Waals surface area contributed by atoms with Crippen molar-refractivity contribution < 1.29 is 4.79 Å². The molecule has 98 valence electrons. The summed E-state index contributed by atoms with van der Waals surface area (Å²) in [7, 11) is 1.84. The van der Waals surface area contributed by atoms with E-state index in [0.717, 1.165) is 16.7 Å². The van der Waals surface area contributed by atoms with Crippen LogP contribution in [0.3, 0.4) is 0 Å². The highest BCUT2D eigenvalue weighted by atomic mass is 79.9. The van der Waals surface area contributed by atoms with Crippen LogP contribution in [0.5, 0.6) is 0 Å². The molecule has 2 N–H and O–H groups in total. The molecule has 0 unspecified atom stereocenters. The lowest BCUT2D eigenvalue weighted by atomic mass is 9.96. The molecule has 1 saturated heterocycles. The molecule has 1 amide bonds. The molecule has 1 aliphatic heterocycles. The molecule has 2 rings (SSSR count). The Morgan fingerprint density at radius 2 is 2.00 bits per heavy atom. The molecule has 1 aromatic rings. The zero-order chi connectivity index (χ0) is 13.5. The van der Waals surface area contributed by atoms with E-state index in [1.54, 1.807) is 4.90 Å². The Hall–Kier alpha value is -1.23. The molecular formula is C13H18BrN3O. The first-order valence-electron chi connectivity index (χ1n) is 5.92. The van der Waals surface area contributed by atoms with Crippen LogP contribution in [-0.4, -0.2) is 36.5 Å². The summed E-state index contributed by atoms with van der Waals surface area (Å²) < 4.78 is 0.967. The van der Waals surface area contributed by atoms with Crippen LogP contribution < -0.4 is 10.6 Å². The number of rotatable bonds is 1. The normalized spacial score (nSPS) is 19.2. The SMILES string of the molecule is CN1CCN(c2cc(Br)ccc2N)C(C)(C)C1=O. The molecule has 4 nitrogen and oxygen atoms in total. The van der Waals surface area contributed by atoms with E-state index >= 15 is 0 Å². The van der Waals surface area contributed by atoms with Gasteiger partial charge in [-0.15, -0.1) is 0 Å². The van der Waals surface area contributed by atoms with E-state index < -0.39 is 5.54 Å². The average Bonchev–Trinajstić information content (AvgIpc) is 2.30. The summed E-state index contributed by atoms with van der Waals surface area (Å²) >= 11 is 3.45. The standard InChI is InChI=1S/C13H18BrN3O/c1-13(2)12(18)16(3)6-7-17(13)11-8-9(14)4-5-10(11)15/h4-5,8H,6-7,15H2,1-3H3. The van der Waals surface area contributed by atoms with E-state index in [0.29, 0.717) is 12.2 Å². The van der Waals surface area contributed by atoms with Crippen LogP contribution in [0, 0.1) is 0 Å². The third-order valence-electron chi connectivity index (χ3n) is 3.49. The highest BCUT2D eigenvalue weighted by molar-refractivity contribution is 9.10. The molecule has 0 aliphatic carbocycles. The van der Waals surface area contributed by atoms with Crippen molar-refractivity contribution in [3.8, 4) is 0 Å². The Morgan fingerprint density at radius 3 is 2.67 bits per heavy atom. The fraction of sp³-hybridized carbons (Fsp3) is 0.462. The zero-order valence-electron chi connectivity index (χ0n) is 10.9. The summed E-state index contributed by atoms with van der Waals surface area (Å²) in [5.74, 6) is 0.119. The number of halogens is 1. The second kappa shape index (κ2) is 4.46. The summed E-state index contributed by atoms with van der Waals surface area (Å²) in [6.07, 6.45) is 0. The number of hydrogen-bond acceptors (Lipinski definition) is 3. The second-order valence-corrected chi connectivity index (χ2v) is 6.06. The van der Waals surface area contributed by atoms with Gasteiger partial charge in [0.25, 0.3) is 0 Å². The molecule has 1 aromatic carbocycles. The van der Waals surface area contributed by atoms with Gasteiger partial charge in [0.2, 0.25) is 5.91 Å². The fourth-order valence-electron chi connectivity index (χ4n) is 2.39. The number of nitrogens with two attached hydrogens (primary N) is 1. The Labute approximate surface area is 116 Å². The summed E-state index contributed by atoms with van der Waals surface area (Å²) in [6.45, 7) is 5.38. The number of anilines is 2. The third kappa shape index (κ3) is 2.07. The van der Waals surface area contributed by atoms with Gasteiger partial charge < -0.3 is 15.5 Å². The van der Waals surface area contributed by atoms with Crippen LogP contribution in [0.2, 0.25) is 0 Å². The van der Waals surface area contributed by atoms with Crippen LogP contribution in [-0.2, 0) is 4.79 Å². The Bertz CT molecular complexity index is 487. The third-order valence-corrected chi connectivity index (χ3v) is 3.98. The van der Waals surface area contributed by atoms with Crippen molar-refractivity contribution >= 4 is 33.2 Å².